The van der Waals surface area contributed by atoms with Gasteiger partial charge in [-0.15, -0.1) is 0 Å². The zero-order valence-corrected chi connectivity index (χ0v) is 12.6. The Bertz CT molecular complexity index is 481. The molecule has 1 fully saturated rings. The summed E-state index contributed by atoms with van der Waals surface area (Å²) in [4.78, 5) is 0. The van der Waals surface area contributed by atoms with E-state index in [2.05, 4.69) is 32.2 Å². The maximum absolute atomic E-state index is 9.04. The Hall–Kier alpha value is -1.27. The van der Waals surface area contributed by atoms with E-state index >= 15 is 0 Å². The zero-order chi connectivity index (χ0) is 14.0. The van der Waals surface area contributed by atoms with E-state index in [-0.39, 0.29) is 0 Å². The quantitative estimate of drug-likeness (QED) is 0.905. The molecule has 0 radical (unpaired) electrons. The maximum Gasteiger partial charge on any atom is 0.120 e. The van der Waals surface area contributed by atoms with E-state index in [4.69, 9.17) is 5.26 Å². The number of hydrogen-bond donors (Lipinski definition) is 1. The lowest BCUT2D eigenvalue weighted by Gasteiger charge is -2.34. The highest BCUT2D eigenvalue weighted by Crippen LogP contribution is 2.35. The molecule has 3 heteroatoms. The lowest BCUT2D eigenvalue weighted by molar-refractivity contribution is 0.206. The molecule has 0 saturated heterocycles. The maximum atomic E-state index is 9.04. The van der Waals surface area contributed by atoms with Crippen molar-refractivity contribution in [3.8, 4) is 6.07 Å². The molecule has 1 aromatic rings. The van der Waals surface area contributed by atoms with Gasteiger partial charge in [-0.05, 0) is 49.7 Å². The second-order valence-electron chi connectivity index (χ2n) is 6.63. The minimum atomic E-state index is 0.523. The van der Waals surface area contributed by atoms with Crippen LogP contribution >= 0.6 is 0 Å². The van der Waals surface area contributed by atoms with Gasteiger partial charge in [0, 0.05) is 25.3 Å². The lowest BCUT2D eigenvalue weighted by atomic mass is 9.75. The third-order valence-corrected chi connectivity index (χ3v) is 4.68. The summed E-state index contributed by atoms with van der Waals surface area (Å²) >= 11 is 0. The Morgan fingerprint density at radius 2 is 2.05 bits per heavy atom. The largest absolute Gasteiger partial charge is 0.340 e. The van der Waals surface area contributed by atoms with Gasteiger partial charge in [0.1, 0.15) is 11.8 Å². The summed E-state index contributed by atoms with van der Waals surface area (Å²) in [5, 5.41) is 12.7. The molecule has 104 valence electrons. The molecule has 1 N–H and O–H groups in total. The predicted octanol–water partition coefficient (Wildman–Crippen LogP) is 3.26. The van der Waals surface area contributed by atoms with Gasteiger partial charge in [0.25, 0.3) is 0 Å². The molecule has 0 bridgehead atoms. The van der Waals surface area contributed by atoms with E-state index < -0.39 is 0 Å². The number of hydrogen-bond acceptors (Lipinski definition) is 2. The van der Waals surface area contributed by atoms with Crippen molar-refractivity contribution in [1.82, 2.24) is 9.88 Å². The minimum Gasteiger partial charge on any atom is -0.340 e. The smallest absolute Gasteiger partial charge is 0.120 e. The fourth-order valence-corrected chi connectivity index (χ4v) is 2.91. The normalized spacial score (nSPS) is 19.3. The van der Waals surface area contributed by atoms with Crippen LogP contribution in [-0.2, 0) is 13.6 Å². The highest BCUT2D eigenvalue weighted by atomic mass is 15.0. The first-order chi connectivity index (χ1) is 8.93. The van der Waals surface area contributed by atoms with Gasteiger partial charge >= 0.3 is 0 Å². The van der Waals surface area contributed by atoms with Crippen LogP contribution in [0.25, 0.3) is 0 Å². The molecule has 0 spiro atoms. The second kappa shape index (κ2) is 5.38. The first-order valence-corrected chi connectivity index (χ1v) is 7.21. The average Bonchev–Trinajstić information content (AvgIpc) is 2.65. The van der Waals surface area contributed by atoms with Crippen LogP contribution in [0.5, 0.6) is 0 Å². The number of nitriles is 1. The highest BCUT2D eigenvalue weighted by molar-refractivity contribution is 5.34. The molecule has 2 rings (SSSR count). The van der Waals surface area contributed by atoms with Crippen LogP contribution in [0, 0.1) is 23.7 Å². The molecule has 1 aromatic heterocycles. The molecule has 0 atom stereocenters. The standard InChI is InChI=1S/C16H25N3/c1-12-13(9-15(10-17)19(12)4)11-18-14-5-7-16(2,3)8-6-14/h9,14,18H,5-8,11H2,1-4H3. The lowest BCUT2D eigenvalue weighted by Crippen LogP contribution is -2.35. The highest BCUT2D eigenvalue weighted by Gasteiger charge is 2.26. The predicted molar refractivity (Wildman–Crippen MR) is 77.7 cm³/mol. The van der Waals surface area contributed by atoms with Crippen LogP contribution in [0.1, 0.15) is 56.5 Å². The van der Waals surface area contributed by atoms with Gasteiger partial charge in [0.15, 0.2) is 0 Å². The fourth-order valence-electron chi connectivity index (χ4n) is 2.91. The number of nitrogens with zero attached hydrogens (tertiary/aromatic N) is 2. The van der Waals surface area contributed by atoms with Gasteiger partial charge < -0.3 is 9.88 Å². The molecular weight excluding hydrogens is 234 g/mol. The van der Waals surface area contributed by atoms with E-state index in [1.54, 1.807) is 0 Å². The monoisotopic (exact) mass is 259 g/mol. The van der Waals surface area contributed by atoms with Crippen LogP contribution in [0.4, 0.5) is 0 Å². The summed E-state index contributed by atoms with van der Waals surface area (Å²) in [6.45, 7) is 7.70. The van der Waals surface area contributed by atoms with Crippen molar-refractivity contribution in [1.29, 1.82) is 5.26 Å². The molecule has 0 aromatic carbocycles. The molecule has 19 heavy (non-hydrogen) atoms. The molecule has 0 amide bonds. The first-order valence-electron chi connectivity index (χ1n) is 7.21. The Kier molecular flexibility index (Phi) is 4.01. The van der Waals surface area contributed by atoms with Gasteiger partial charge in [-0.1, -0.05) is 13.8 Å². The van der Waals surface area contributed by atoms with Crippen LogP contribution in [0.15, 0.2) is 6.07 Å². The van der Waals surface area contributed by atoms with Crippen molar-refractivity contribution in [3.05, 3.63) is 23.0 Å². The SMILES string of the molecule is Cc1c(CNC2CCC(C)(C)CC2)cc(C#N)n1C. The van der Waals surface area contributed by atoms with Crippen molar-refractivity contribution >= 4 is 0 Å². The molecular formula is C16H25N3. The van der Waals surface area contributed by atoms with E-state index in [1.165, 1.54) is 36.9 Å². The Balaban J connectivity index is 1.92. The fraction of sp³-hybridized carbons (Fsp3) is 0.688. The van der Waals surface area contributed by atoms with Crippen molar-refractivity contribution in [2.24, 2.45) is 12.5 Å². The van der Waals surface area contributed by atoms with Gasteiger partial charge in [0.2, 0.25) is 0 Å². The summed E-state index contributed by atoms with van der Waals surface area (Å²) in [5.41, 5.74) is 3.72. The summed E-state index contributed by atoms with van der Waals surface area (Å²) in [7, 11) is 1.96. The average molecular weight is 259 g/mol. The molecule has 3 nitrogen and oxygen atoms in total. The molecule has 1 aliphatic rings. The molecule has 1 saturated carbocycles. The topological polar surface area (TPSA) is 40.8 Å². The van der Waals surface area contributed by atoms with Crippen molar-refractivity contribution in [2.45, 2.75) is 59.0 Å². The number of nitrogens with one attached hydrogen (secondary N) is 1. The Morgan fingerprint density at radius 3 is 2.58 bits per heavy atom. The van der Waals surface area contributed by atoms with E-state index in [0.717, 1.165) is 12.2 Å². The van der Waals surface area contributed by atoms with E-state index in [9.17, 15) is 0 Å². The van der Waals surface area contributed by atoms with Gasteiger partial charge in [-0.2, -0.15) is 5.26 Å². The second-order valence-corrected chi connectivity index (χ2v) is 6.63. The molecule has 1 aliphatic carbocycles. The van der Waals surface area contributed by atoms with Crippen LogP contribution < -0.4 is 5.32 Å². The van der Waals surface area contributed by atoms with Crippen molar-refractivity contribution < 1.29 is 0 Å². The van der Waals surface area contributed by atoms with Gasteiger partial charge in [-0.3, -0.25) is 0 Å². The van der Waals surface area contributed by atoms with Crippen LogP contribution in [0.2, 0.25) is 0 Å². The summed E-state index contributed by atoms with van der Waals surface area (Å²) in [5.74, 6) is 0. The summed E-state index contributed by atoms with van der Waals surface area (Å²) in [6, 6.07) is 4.89. The zero-order valence-electron chi connectivity index (χ0n) is 12.6. The third kappa shape index (κ3) is 3.19. The van der Waals surface area contributed by atoms with Crippen molar-refractivity contribution in [2.75, 3.05) is 0 Å². The van der Waals surface area contributed by atoms with E-state index in [0.29, 0.717) is 11.5 Å². The number of aromatic nitrogens is 1. The van der Waals surface area contributed by atoms with Crippen molar-refractivity contribution in [3.63, 3.8) is 0 Å². The van der Waals surface area contributed by atoms with E-state index in [1.807, 2.05) is 17.7 Å². The van der Waals surface area contributed by atoms with Gasteiger partial charge in [0.05, 0.1) is 0 Å². The summed E-state index contributed by atoms with van der Waals surface area (Å²) < 4.78 is 1.97. The molecule has 1 heterocycles. The number of rotatable bonds is 3. The minimum absolute atomic E-state index is 0.523. The Labute approximate surface area is 116 Å². The first kappa shape index (κ1) is 14.1. The summed E-state index contributed by atoms with van der Waals surface area (Å²) in [6.07, 6.45) is 5.15. The Morgan fingerprint density at radius 1 is 1.42 bits per heavy atom. The molecule has 0 aliphatic heterocycles. The third-order valence-electron chi connectivity index (χ3n) is 4.68. The van der Waals surface area contributed by atoms with Crippen LogP contribution in [0.3, 0.4) is 0 Å². The van der Waals surface area contributed by atoms with Gasteiger partial charge in [-0.25, -0.2) is 0 Å². The molecule has 0 unspecified atom stereocenters. The van der Waals surface area contributed by atoms with Crippen LogP contribution in [-0.4, -0.2) is 10.6 Å².